The summed E-state index contributed by atoms with van der Waals surface area (Å²) in [6.07, 6.45) is -1.16. The quantitative estimate of drug-likeness (QED) is 0.259. The van der Waals surface area contributed by atoms with Gasteiger partial charge in [0.25, 0.3) is 0 Å². The molecule has 0 aliphatic rings. The number of carbonyl (C=O) groups is 4. The molecule has 0 aliphatic heterocycles. The number of amides is 3. The van der Waals surface area contributed by atoms with Gasteiger partial charge < -0.3 is 31.9 Å². The fourth-order valence-corrected chi connectivity index (χ4v) is 2.73. The predicted molar refractivity (Wildman–Crippen MR) is 109 cm³/mol. The first kappa shape index (κ1) is 25.1. The summed E-state index contributed by atoms with van der Waals surface area (Å²) in [6.45, 7) is 4.23. The van der Waals surface area contributed by atoms with Crippen LogP contribution in [0.2, 0.25) is 0 Å². The Labute approximate surface area is 175 Å². The summed E-state index contributed by atoms with van der Waals surface area (Å²) < 4.78 is 0. The van der Waals surface area contributed by atoms with Crippen LogP contribution in [-0.4, -0.2) is 64.7 Å². The lowest BCUT2D eigenvalue weighted by atomic mass is 10.0. The average molecular weight is 422 g/mol. The molecule has 30 heavy (non-hydrogen) atoms. The van der Waals surface area contributed by atoms with E-state index in [1.807, 2.05) is 0 Å². The van der Waals surface area contributed by atoms with Crippen molar-refractivity contribution in [2.24, 2.45) is 11.7 Å². The molecule has 0 fully saturated rings. The van der Waals surface area contributed by atoms with Gasteiger partial charge in [0.15, 0.2) is 0 Å². The number of hydrogen-bond acceptors (Lipinski definition) is 6. The van der Waals surface area contributed by atoms with Crippen LogP contribution in [0.3, 0.4) is 0 Å². The molecule has 0 radical (unpaired) electrons. The molecular weight excluding hydrogens is 392 g/mol. The summed E-state index contributed by atoms with van der Waals surface area (Å²) >= 11 is 0. The number of hydrogen-bond donors (Lipinski definition) is 6. The molecule has 0 saturated heterocycles. The van der Waals surface area contributed by atoms with Crippen LogP contribution in [0.5, 0.6) is 0 Å². The zero-order valence-corrected chi connectivity index (χ0v) is 17.3. The molecule has 0 saturated carbocycles. The predicted octanol–water partition coefficient (Wildman–Crippen LogP) is -1.24. The highest BCUT2D eigenvalue weighted by Gasteiger charge is 2.32. The van der Waals surface area contributed by atoms with E-state index in [1.165, 1.54) is 6.92 Å². The van der Waals surface area contributed by atoms with E-state index in [0.717, 1.165) is 5.56 Å². The smallest absolute Gasteiger partial charge is 0.326 e. The van der Waals surface area contributed by atoms with E-state index in [1.54, 1.807) is 44.2 Å². The van der Waals surface area contributed by atoms with Gasteiger partial charge in [-0.2, -0.15) is 0 Å². The number of carbonyl (C=O) groups excluding carboxylic acids is 3. The van der Waals surface area contributed by atoms with Crippen LogP contribution < -0.4 is 21.7 Å². The van der Waals surface area contributed by atoms with Crippen molar-refractivity contribution in [1.82, 2.24) is 16.0 Å². The van der Waals surface area contributed by atoms with E-state index < -0.39 is 47.9 Å². The average Bonchev–Trinajstić information content (AvgIpc) is 2.69. The van der Waals surface area contributed by atoms with E-state index in [4.69, 9.17) is 5.73 Å². The van der Waals surface area contributed by atoms with Crippen molar-refractivity contribution in [3.63, 3.8) is 0 Å². The van der Waals surface area contributed by atoms with E-state index in [9.17, 15) is 29.4 Å². The third-order valence-electron chi connectivity index (χ3n) is 4.41. The maximum Gasteiger partial charge on any atom is 0.326 e. The largest absolute Gasteiger partial charge is 0.480 e. The summed E-state index contributed by atoms with van der Waals surface area (Å²) in [7, 11) is 0. The summed E-state index contributed by atoms with van der Waals surface area (Å²) in [5.41, 5.74) is 5.97. The summed E-state index contributed by atoms with van der Waals surface area (Å²) in [5, 5.41) is 26.4. The fourth-order valence-electron chi connectivity index (χ4n) is 2.73. The highest BCUT2D eigenvalue weighted by molar-refractivity contribution is 5.94. The monoisotopic (exact) mass is 422 g/mol. The standard InChI is InChI=1S/C20H30N4O6/c1-11(2)16(20(29)30)24-18(27)14(9-13-7-5-4-6-8-13)22-19(28)17(12(3)25)23-15(26)10-21/h4-8,11-12,14,16-17,25H,9-10,21H2,1-3H3,(H,22,28)(H,23,26)(H,24,27)(H,29,30). The van der Waals surface area contributed by atoms with E-state index in [-0.39, 0.29) is 18.9 Å². The zero-order chi connectivity index (χ0) is 22.8. The number of nitrogens with two attached hydrogens (primary N) is 1. The minimum absolute atomic E-state index is 0.0835. The first-order valence-electron chi connectivity index (χ1n) is 9.61. The third-order valence-corrected chi connectivity index (χ3v) is 4.41. The molecule has 4 unspecified atom stereocenters. The second-order valence-corrected chi connectivity index (χ2v) is 7.31. The molecule has 7 N–H and O–H groups in total. The molecule has 10 nitrogen and oxygen atoms in total. The molecule has 10 heteroatoms. The molecule has 0 aliphatic carbocycles. The van der Waals surface area contributed by atoms with Crippen LogP contribution in [0.25, 0.3) is 0 Å². The highest BCUT2D eigenvalue weighted by Crippen LogP contribution is 2.07. The first-order chi connectivity index (χ1) is 14.1. The Morgan fingerprint density at radius 2 is 1.53 bits per heavy atom. The lowest BCUT2D eigenvalue weighted by molar-refractivity contribution is -0.143. The third kappa shape index (κ3) is 7.80. The van der Waals surface area contributed by atoms with E-state index >= 15 is 0 Å². The molecule has 1 rings (SSSR count). The molecule has 0 aromatic heterocycles. The number of nitrogens with one attached hydrogen (secondary N) is 3. The van der Waals surface area contributed by atoms with Gasteiger partial charge in [-0.1, -0.05) is 44.2 Å². The summed E-state index contributed by atoms with van der Waals surface area (Å²) in [6, 6.07) is 5.24. The number of aliphatic hydroxyl groups excluding tert-OH is 1. The van der Waals surface area contributed by atoms with Gasteiger partial charge >= 0.3 is 5.97 Å². The van der Waals surface area contributed by atoms with Crippen molar-refractivity contribution < 1.29 is 29.4 Å². The Bertz CT molecular complexity index is 738. The van der Waals surface area contributed by atoms with Crippen LogP contribution in [-0.2, 0) is 25.6 Å². The first-order valence-corrected chi connectivity index (χ1v) is 9.61. The maximum absolute atomic E-state index is 12.8. The maximum atomic E-state index is 12.8. The van der Waals surface area contributed by atoms with Crippen molar-refractivity contribution in [3.8, 4) is 0 Å². The molecular formula is C20H30N4O6. The van der Waals surface area contributed by atoms with Gasteiger partial charge in [-0.3, -0.25) is 14.4 Å². The molecule has 0 heterocycles. The van der Waals surface area contributed by atoms with Crippen molar-refractivity contribution in [3.05, 3.63) is 35.9 Å². The van der Waals surface area contributed by atoms with Gasteiger partial charge in [0.05, 0.1) is 12.6 Å². The van der Waals surface area contributed by atoms with Crippen LogP contribution in [0, 0.1) is 5.92 Å². The van der Waals surface area contributed by atoms with Gasteiger partial charge in [0.1, 0.15) is 18.1 Å². The molecule has 0 spiro atoms. The van der Waals surface area contributed by atoms with Gasteiger partial charge in [0.2, 0.25) is 17.7 Å². The molecule has 1 aromatic carbocycles. The molecule has 3 amide bonds. The van der Waals surface area contributed by atoms with Gasteiger partial charge in [-0.05, 0) is 18.4 Å². The number of aliphatic carboxylic acids is 1. The van der Waals surface area contributed by atoms with Crippen LogP contribution in [0.4, 0.5) is 0 Å². The van der Waals surface area contributed by atoms with Crippen molar-refractivity contribution >= 4 is 23.7 Å². The zero-order valence-electron chi connectivity index (χ0n) is 17.3. The Morgan fingerprint density at radius 1 is 0.933 bits per heavy atom. The molecule has 1 aromatic rings. The fraction of sp³-hybridized carbons (Fsp3) is 0.500. The minimum atomic E-state index is -1.33. The van der Waals surface area contributed by atoms with E-state index in [2.05, 4.69) is 16.0 Å². The second-order valence-electron chi connectivity index (χ2n) is 7.31. The van der Waals surface area contributed by atoms with Gasteiger partial charge in [-0.25, -0.2) is 4.79 Å². The van der Waals surface area contributed by atoms with Crippen molar-refractivity contribution in [2.45, 2.75) is 51.4 Å². The lowest BCUT2D eigenvalue weighted by Gasteiger charge is -2.26. The lowest BCUT2D eigenvalue weighted by Crippen LogP contribution is -2.59. The van der Waals surface area contributed by atoms with E-state index in [0.29, 0.717) is 0 Å². The Morgan fingerprint density at radius 3 is 2.00 bits per heavy atom. The van der Waals surface area contributed by atoms with Crippen LogP contribution in [0.15, 0.2) is 30.3 Å². The second kappa shape index (κ2) is 11.9. The number of carboxylic acid groups (broad SMARTS) is 1. The van der Waals surface area contributed by atoms with Crippen molar-refractivity contribution in [2.75, 3.05) is 6.54 Å². The molecule has 166 valence electrons. The number of aliphatic hydroxyl groups is 1. The number of carboxylic acids is 1. The summed E-state index contributed by atoms with van der Waals surface area (Å²) in [4.78, 5) is 48.5. The number of benzene rings is 1. The topological polar surface area (TPSA) is 171 Å². The number of rotatable bonds is 11. The van der Waals surface area contributed by atoms with Crippen molar-refractivity contribution in [1.29, 1.82) is 0 Å². The normalized spacial score (nSPS) is 14.9. The molecule has 4 atom stereocenters. The summed E-state index contributed by atoms with van der Waals surface area (Å²) in [5.74, 6) is -3.71. The Balaban J connectivity index is 3.07. The van der Waals surface area contributed by atoms with Crippen LogP contribution >= 0.6 is 0 Å². The molecule has 0 bridgehead atoms. The minimum Gasteiger partial charge on any atom is -0.480 e. The van der Waals surface area contributed by atoms with Crippen LogP contribution in [0.1, 0.15) is 26.3 Å². The van der Waals surface area contributed by atoms with Gasteiger partial charge in [0, 0.05) is 6.42 Å². The SMILES string of the molecule is CC(C)C(NC(=O)C(Cc1ccccc1)NC(=O)C(NC(=O)CN)C(C)O)C(=O)O. The highest BCUT2D eigenvalue weighted by atomic mass is 16.4. The Hall–Kier alpha value is -2.98. The van der Waals surface area contributed by atoms with Gasteiger partial charge in [-0.15, -0.1) is 0 Å². The Kier molecular flexibility index (Phi) is 9.93.